The summed E-state index contributed by atoms with van der Waals surface area (Å²) >= 11 is 3.29. The number of amides is 1. The van der Waals surface area contributed by atoms with Crippen molar-refractivity contribution in [1.82, 2.24) is 9.62 Å². The minimum absolute atomic E-state index is 0.139. The monoisotopic (exact) mass is 559 g/mol. The van der Waals surface area contributed by atoms with Crippen molar-refractivity contribution in [2.75, 3.05) is 43.3 Å². The first kappa shape index (κ1) is 25.5. The summed E-state index contributed by atoms with van der Waals surface area (Å²) in [6.45, 7) is 1.01. The summed E-state index contributed by atoms with van der Waals surface area (Å²) in [5.74, 6) is -0.00688. The molecule has 0 atom stereocenters. The molecule has 0 saturated carbocycles. The Hall–Kier alpha value is -2.15. The zero-order valence-corrected chi connectivity index (χ0v) is 21.3. The number of anilines is 1. The number of hydrogen-bond donors (Lipinski definition) is 1. The van der Waals surface area contributed by atoms with Crippen molar-refractivity contribution in [3.8, 4) is 5.75 Å². The predicted octanol–water partition coefficient (Wildman–Crippen LogP) is 2.19. The molecule has 1 amide bonds. The lowest BCUT2D eigenvalue weighted by Crippen LogP contribution is -2.41. The molecule has 9 nitrogen and oxygen atoms in total. The van der Waals surface area contributed by atoms with E-state index in [0.29, 0.717) is 29.0 Å². The molecule has 0 unspecified atom stereocenters. The maximum Gasteiger partial charge on any atom is 0.243 e. The zero-order valence-electron chi connectivity index (χ0n) is 18.1. The Balaban J connectivity index is 1.49. The van der Waals surface area contributed by atoms with Gasteiger partial charge in [0.15, 0.2) is 0 Å². The van der Waals surface area contributed by atoms with E-state index in [0.717, 1.165) is 23.4 Å². The summed E-state index contributed by atoms with van der Waals surface area (Å²) in [5, 5.41) is 2.63. The van der Waals surface area contributed by atoms with Gasteiger partial charge in [-0.15, -0.1) is 0 Å². The zero-order chi connectivity index (χ0) is 24.1. The van der Waals surface area contributed by atoms with Crippen LogP contribution in [0.25, 0.3) is 0 Å². The lowest BCUT2D eigenvalue weighted by molar-refractivity contribution is -0.119. The molecule has 1 aliphatic heterocycles. The van der Waals surface area contributed by atoms with Crippen LogP contribution in [0.1, 0.15) is 12.8 Å². The van der Waals surface area contributed by atoms with Gasteiger partial charge in [0, 0.05) is 17.6 Å². The van der Waals surface area contributed by atoms with Gasteiger partial charge in [-0.2, -0.15) is 4.31 Å². The highest BCUT2D eigenvalue weighted by Crippen LogP contribution is 2.23. The summed E-state index contributed by atoms with van der Waals surface area (Å²) in [6.07, 6.45) is 2.78. The van der Waals surface area contributed by atoms with Gasteiger partial charge in [0.1, 0.15) is 18.9 Å². The Morgan fingerprint density at radius 2 is 1.76 bits per heavy atom. The second-order valence-corrected chi connectivity index (χ2v) is 12.3. The Labute approximate surface area is 203 Å². The van der Waals surface area contributed by atoms with Crippen LogP contribution in [-0.2, 0) is 24.8 Å². The number of halogens is 1. The van der Waals surface area contributed by atoms with E-state index in [-0.39, 0.29) is 24.6 Å². The van der Waals surface area contributed by atoms with Crippen LogP contribution < -0.4 is 14.4 Å². The third-order valence-corrected chi connectivity index (χ3v) is 8.55. The molecule has 0 aliphatic carbocycles. The summed E-state index contributed by atoms with van der Waals surface area (Å²) in [5.41, 5.74) is 0.377. The van der Waals surface area contributed by atoms with E-state index in [4.69, 9.17) is 4.74 Å². The van der Waals surface area contributed by atoms with Crippen LogP contribution in [0, 0.1) is 0 Å². The molecule has 1 fully saturated rings. The maximum atomic E-state index is 12.5. The third-order valence-electron chi connectivity index (χ3n) is 5.00. The Kier molecular flexibility index (Phi) is 8.38. The Morgan fingerprint density at radius 3 is 2.36 bits per heavy atom. The van der Waals surface area contributed by atoms with Gasteiger partial charge in [-0.25, -0.2) is 16.8 Å². The van der Waals surface area contributed by atoms with Crippen LogP contribution in [0.15, 0.2) is 57.9 Å². The normalized spacial score (nSPS) is 14.7. The standard InChI is InChI=1S/C21H26BrN3O6S2/c1-32(27,28)25(18-6-4-5-17(22)15-18)16-21(26)23-11-14-31-19-7-9-20(10-8-19)33(29,30)24-12-2-3-13-24/h4-10,15H,2-3,11-14,16H2,1H3,(H,23,26). The lowest BCUT2D eigenvalue weighted by atomic mass is 10.3. The van der Waals surface area contributed by atoms with Gasteiger partial charge in [0.2, 0.25) is 26.0 Å². The van der Waals surface area contributed by atoms with Crippen molar-refractivity contribution in [3.63, 3.8) is 0 Å². The fourth-order valence-corrected chi connectivity index (χ4v) is 6.11. The highest BCUT2D eigenvalue weighted by molar-refractivity contribution is 9.10. The molecular formula is C21H26BrN3O6S2. The molecule has 180 valence electrons. The topological polar surface area (TPSA) is 113 Å². The molecule has 1 heterocycles. The molecule has 12 heteroatoms. The molecule has 3 rings (SSSR count). The first-order chi connectivity index (χ1) is 15.6. The fourth-order valence-electron chi connectivity index (χ4n) is 3.36. The van der Waals surface area contributed by atoms with E-state index in [1.807, 2.05) is 0 Å². The molecule has 0 radical (unpaired) electrons. The molecule has 0 bridgehead atoms. The second kappa shape index (κ2) is 10.9. The van der Waals surface area contributed by atoms with Crippen molar-refractivity contribution >= 4 is 47.6 Å². The number of carbonyl (C=O) groups excluding carboxylic acids is 1. The van der Waals surface area contributed by atoms with E-state index < -0.39 is 26.0 Å². The summed E-state index contributed by atoms with van der Waals surface area (Å²) < 4.78 is 58.1. The van der Waals surface area contributed by atoms with E-state index in [2.05, 4.69) is 21.2 Å². The van der Waals surface area contributed by atoms with E-state index in [1.54, 1.807) is 36.4 Å². The van der Waals surface area contributed by atoms with Crippen LogP contribution in [0.3, 0.4) is 0 Å². The van der Waals surface area contributed by atoms with Gasteiger partial charge in [-0.3, -0.25) is 9.10 Å². The highest BCUT2D eigenvalue weighted by atomic mass is 79.9. The molecule has 2 aromatic rings. The Morgan fingerprint density at radius 1 is 1.09 bits per heavy atom. The van der Waals surface area contributed by atoms with Crippen molar-refractivity contribution in [2.24, 2.45) is 0 Å². The van der Waals surface area contributed by atoms with Gasteiger partial charge in [-0.1, -0.05) is 22.0 Å². The maximum absolute atomic E-state index is 12.5. The molecule has 2 aromatic carbocycles. The van der Waals surface area contributed by atoms with Crippen LogP contribution in [0.2, 0.25) is 0 Å². The summed E-state index contributed by atoms with van der Waals surface area (Å²) in [7, 11) is -7.14. The summed E-state index contributed by atoms with van der Waals surface area (Å²) in [6, 6.07) is 12.8. The minimum Gasteiger partial charge on any atom is -0.492 e. The number of nitrogens with zero attached hydrogens (tertiary/aromatic N) is 2. The molecule has 0 aromatic heterocycles. The van der Waals surface area contributed by atoms with Crippen LogP contribution >= 0.6 is 15.9 Å². The van der Waals surface area contributed by atoms with Crippen LogP contribution in [-0.4, -0.2) is 66.1 Å². The smallest absolute Gasteiger partial charge is 0.243 e. The number of hydrogen-bond acceptors (Lipinski definition) is 6. The Bertz CT molecular complexity index is 1180. The lowest BCUT2D eigenvalue weighted by Gasteiger charge is -2.22. The first-order valence-electron chi connectivity index (χ1n) is 10.3. The predicted molar refractivity (Wildman–Crippen MR) is 129 cm³/mol. The van der Waals surface area contributed by atoms with Gasteiger partial charge < -0.3 is 10.1 Å². The van der Waals surface area contributed by atoms with Gasteiger partial charge in [-0.05, 0) is 55.3 Å². The molecule has 0 spiro atoms. The van der Waals surface area contributed by atoms with Crippen LogP contribution in [0.4, 0.5) is 5.69 Å². The number of sulfonamides is 2. The van der Waals surface area contributed by atoms with Crippen molar-refractivity contribution < 1.29 is 26.4 Å². The van der Waals surface area contributed by atoms with Crippen molar-refractivity contribution in [3.05, 3.63) is 53.0 Å². The average Bonchev–Trinajstić information content (AvgIpc) is 3.30. The molecular weight excluding hydrogens is 534 g/mol. The minimum atomic E-state index is -3.66. The van der Waals surface area contributed by atoms with Gasteiger partial charge >= 0.3 is 0 Å². The number of benzene rings is 2. The molecule has 1 saturated heterocycles. The second-order valence-electron chi connectivity index (χ2n) is 7.53. The van der Waals surface area contributed by atoms with Crippen LogP contribution in [0.5, 0.6) is 5.75 Å². The SMILES string of the molecule is CS(=O)(=O)N(CC(=O)NCCOc1ccc(S(=O)(=O)N2CCCC2)cc1)c1cccc(Br)c1. The molecule has 1 N–H and O–H groups in total. The van der Waals surface area contributed by atoms with E-state index in [1.165, 1.54) is 16.4 Å². The largest absolute Gasteiger partial charge is 0.492 e. The number of ether oxygens (including phenoxy) is 1. The van der Waals surface area contributed by atoms with Crippen molar-refractivity contribution in [2.45, 2.75) is 17.7 Å². The summed E-state index contributed by atoms with van der Waals surface area (Å²) in [4.78, 5) is 12.5. The quantitative estimate of drug-likeness (QED) is 0.446. The van der Waals surface area contributed by atoms with Crippen molar-refractivity contribution in [1.29, 1.82) is 0 Å². The number of nitrogens with one attached hydrogen (secondary N) is 1. The first-order valence-corrected chi connectivity index (χ1v) is 14.4. The van der Waals surface area contributed by atoms with E-state index in [9.17, 15) is 21.6 Å². The third kappa shape index (κ3) is 6.92. The highest BCUT2D eigenvalue weighted by Gasteiger charge is 2.27. The average molecular weight is 560 g/mol. The molecule has 1 aliphatic rings. The van der Waals surface area contributed by atoms with Gasteiger partial charge in [0.05, 0.1) is 23.4 Å². The number of rotatable bonds is 10. The molecule has 33 heavy (non-hydrogen) atoms. The fraction of sp³-hybridized carbons (Fsp3) is 0.381. The van der Waals surface area contributed by atoms with Gasteiger partial charge in [0.25, 0.3) is 0 Å². The van der Waals surface area contributed by atoms with E-state index >= 15 is 0 Å². The number of carbonyl (C=O) groups is 1.